The van der Waals surface area contributed by atoms with Crippen LogP contribution in [-0.4, -0.2) is 23.0 Å². The Morgan fingerprint density at radius 1 is 1.19 bits per heavy atom. The molecule has 2 fully saturated rings. The third-order valence-corrected chi connectivity index (χ3v) is 4.88. The fourth-order valence-corrected chi connectivity index (χ4v) is 3.51. The Labute approximate surface area is 124 Å². The van der Waals surface area contributed by atoms with Gasteiger partial charge >= 0.3 is 5.97 Å². The van der Waals surface area contributed by atoms with Crippen molar-refractivity contribution >= 4 is 11.9 Å². The smallest absolute Gasteiger partial charge is 0.310 e. The summed E-state index contributed by atoms with van der Waals surface area (Å²) >= 11 is 0. The van der Waals surface area contributed by atoms with Crippen molar-refractivity contribution in [3.8, 4) is 0 Å². The van der Waals surface area contributed by atoms with Crippen LogP contribution in [0.3, 0.4) is 0 Å². The Bertz CT molecular complexity index is 534. The quantitative estimate of drug-likeness (QED) is 0.875. The summed E-state index contributed by atoms with van der Waals surface area (Å²) < 4.78 is 0. The summed E-state index contributed by atoms with van der Waals surface area (Å²) in [6, 6.07) is 10.3. The highest BCUT2D eigenvalue weighted by molar-refractivity contribution is 5.85. The van der Waals surface area contributed by atoms with Crippen LogP contribution in [0, 0.1) is 5.41 Å². The van der Waals surface area contributed by atoms with Gasteiger partial charge in [0, 0.05) is 18.4 Å². The lowest BCUT2D eigenvalue weighted by Gasteiger charge is -2.22. The highest BCUT2D eigenvalue weighted by atomic mass is 16.4. The number of carboxylic acids is 1. The first-order valence-corrected chi connectivity index (χ1v) is 7.68. The third-order valence-electron chi connectivity index (χ3n) is 4.88. The van der Waals surface area contributed by atoms with Crippen LogP contribution in [-0.2, 0) is 9.59 Å². The van der Waals surface area contributed by atoms with E-state index in [9.17, 15) is 14.7 Å². The summed E-state index contributed by atoms with van der Waals surface area (Å²) in [6.07, 6.45) is 4.16. The third kappa shape index (κ3) is 2.94. The van der Waals surface area contributed by atoms with Gasteiger partial charge in [-0.25, -0.2) is 0 Å². The minimum absolute atomic E-state index is 0.109. The normalized spacial score (nSPS) is 26.3. The van der Waals surface area contributed by atoms with Gasteiger partial charge in [0.2, 0.25) is 5.91 Å². The van der Waals surface area contributed by atoms with Gasteiger partial charge in [-0.05, 0) is 24.8 Å². The fourth-order valence-electron chi connectivity index (χ4n) is 3.51. The first-order valence-electron chi connectivity index (χ1n) is 7.68. The molecule has 3 rings (SSSR count). The number of rotatable bonds is 5. The fraction of sp³-hybridized carbons (Fsp3) is 0.529. The Morgan fingerprint density at radius 2 is 1.86 bits per heavy atom. The second-order valence-corrected chi connectivity index (χ2v) is 6.40. The van der Waals surface area contributed by atoms with Gasteiger partial charge in [0.1, 0.15) is 0 Å². The maximum Gasteiger partial charge on any atom is 0.310 e. The molecule has 0 spiro atoms. The van der Waals surface area contributed by atoms with Crippen LogP contribution in [0.15, 0.2) is 30.3 Å². The van der Waals surface area contributed by atoms with Gasteiger partial charge in [-0.2, -0.15) is 0 Å². The lowest BCUT2D eigenvalue weighted by molar-refractivity contribution is -0.151. The molecular weight excluding hydrogens is 266 g/mol. The molecule has 21 heavy (non-hydrogen) atoms. The molecule has 1 amide bonds. The number of nitrogens with one attached hydrogen (secondary N) is 1. The van der Waals surface area contributed by atoms with Gasteiger partial charge in [-0.3, -0.25) is 9.59 Å². The first kappa shape index (κ1) is 14.1. The van der Waals surface area contributed by atoms with Crippen molar-refractivity contribution < 1.29 is 14.7 Å². The molecule has 0 aromatic heterocycles. The van der Waals surface area contributed by atoms with Crippen LogP contribution < -0.4 is 5.32 Å². The van der Waals surface area contributed by atoms with E-state index in [2.05, 4.69) is 17.4 Å². The lowest BCUT2D eigenvalue weighted by atomic mass is 9.82. The van der Waals surface area contributed by atoms with Crippen molar-refractivity contribution in [3.63, 3.8) is 0 Å². The second-order valence-electron chi connectivity index (χ2n) is 6.40. The minimum Gasteiger partial charge on any atom is -0.481 e. The standard InChI is InChI=1S/C17H21NO3/c19-15(11-17(16(20)21)8-4-5-9-17)18-14-10-13(14)12-6-2-1-3-7-12/h1-3,6-7,13-14H,4-5,8-11H2,(H,18,19)(H,20,21). The van der Waals surface area contributed by atoms with Crippen molar-refractivity contribution in [1.82, 2.24) is 5.32 Å². The lowest BCUT2D eigenvalue weighted by Crippen LogP contribution is -2.36. The Morgan fingerprint density at radius 3 is 2.48 bits per heavy atom. The maximum absolute atomic E-state index is 12.2. The van der Waals surface area contributed by atoms with Gasteiger partial charge in [0.05, 0.1) is 5.41 Å². The van der Waals surface area contributed by atoms with E-state index >= 15 is 0 Å². The largest absolute Gasteiger partial charge is 0.481 e. The summed E-state index contributed by atoms with van der Waals surface area (Å²) in [5.74, 6) is -0.534. The number of aliphatic carboxylic acids is 1. The van der Waals surface area contributed by atoms with Crippen molar-refractivity contribution in [2.24, 2.45) is 5.41 Å². The van der Waals surface area contributed by atoms with Crippen molar-refractivity contribution in [3.05, 3.63) is 35.9 Å². The molecule has 112 valence electrons. The van der Waals surface area contributed by atoms with Gasteiger partial charge in [0.15, 0.2) is 0 Å². The summed E-state index contributed by atoms with van der Waals surface area (Å²) in [4.78, 5) is 23.6. The van der Waals surface area contributed by atoms with Crippen LogP contribution in [0.2, 0.25) is 0 Å². The molecule has 0 heterocycles. The van der Waals surface area contributed by atoms with E-state index in [1.54, 1.807) is 0 Å². The number of hydrogen-bond acceptors (Lipinski definition) is 2. The molecule has 0 radical (unpaired) electrons. The number of carbonyl (C=O) groups is 2. The summed E-state index contributed by atoms with van der Waals surface area (Å²) in [7, 11) is 0. The summed E-state index contributed by atoms with van der Waals surface area (Å²) in [5.41, 5.74) is 0.429. The molecule has 0 saturated heterocycles. The number of hydrogen-bond donors (Lipinski definition) is 2. The van der Waals surface area contributed by atoms with E-state index in [0.29, 0.717) is 18.8 Å². The van der Waals surface area contributed by atoms with E-state index in [0.717, 1.165) is 19.3 Å². The van der Waals surface area contributed by atoms with Crippen molar-refractivity contribution in [2.45, 2.75) is 50.5 Å². The summed E-state index contributed by atoms with van der Waals surface area (Å²) in [6.45, 7) is 0. The Hall–Kier alpha value is -1.84. The zero-order valence-corrected chi connectivity index (χ0v) is 12.0. The predicted molar refractivity (Wildman–Crippen MR) is 78.9 cm³/mol. The molecule has 4 heteroatoms. The average Bonchev–Trinajstić information content (AvgIpc) is 3.06. The van der Waals surface area contributed by atoms with Crippen molar-refractivity contribution in [1.29, 1.82) is 0 Å². The zero-order valence-electron chi connectivity index (χ0n) is 12.0. The zero-order chi connectivity index (χ0) is 14.9. The maximum atomic E-state index is 12.2. The summed E-state index contributed by atoms with van der Waals surface area (Å²) in [5, 5.41) is 12.4. The minimum atomic E-state index is -0.818. The average molecular weight is 287 g/mol. The van der Waals surface area contributed by atoms with E-state index in [4.69, 9.17) is 0 Å². The Balaban J connectivity index is 1.55. The molecule has 2 N–H and O–H groups in total. The second kappa shape index (κ2) is 5.51. The topological polar surface area (TPSA) is 66.4 Å². The Kier molecular flexibility index (Phi) is 3.70. The number of amides is 1. The molecule has 2 saturated carbocycles. The van der Waals surface area contributed by atoms with Crippen LogP contribution in [0.4, 0.5) is 0 Å². The molecule has 2 aliphatic rings. The molecule has 0 bridgehead atoms. The van der Waals surface area contributed by atoms with E-state index in [1.165, 1.54) is 5.56 Å². The first-order chi connectivity index (χ1) is 10.1. The van der Waals surface area contributed by atoms with Gasteiger partial charge < -0.3 is 10.4 Å². The van der Waals surface area contributed by atoms with Gasteiger partial charge in [-0.1, -0.05) is 43.2 Å². The van der Waals surface area contributed by atoms with E-state index < -0.39 is 11.4 Å². The molecular formula is C17H21NO3. The molecule has 1 aromatic rings. The molecule has 1 aromatic carbocycles. The van der Waals surface area contributed by atoms with E-state index in [1.807, 2.05) is 18.2 Å². The molecule has 2 aliphatic carbocycles. The molecule has 0 aliphatic heterocycles. The number of benzene rings is 1. The number of carboxylic acid groups (broad SMARTS) is 1. The molecule has 2 atom stereocenters. The monoisotopic (exact) mass is 287 g/mol. The van der Waals surface area contributed by atoms with Gasteiger partial charge in [0.25, 0.3) is 0 Å². The predicted octanol–water partition coefficient (Wildman–Crippen LogP) is 2.69. The van der Waals surface area contributed by atoms with Crippen LogP contribution in [0.1, 0.15) is 50.0 Å². The van der Waals surface area contributed by atoms with E-state index in [-0.39, 0.29) is 18.4 Å². The highest BCUT2D eigenvalue weighted by Gasteiger charge is 2.45. The molecule has 4 nitrogen and oxygen atoms in total. The number of carbonyl (C=O) groups excluding carboxylic acids is 1. The highest BCUT2D eigenvalue weighted by Crippen LogP contribution is 2.43. The SMILES string of the molecule is O=C(CC1(C(=O)O)CCCC1)NC1CC1c1ccccc1. The van der Waals surface area contributed by atoms with Crippen LogP contribution in [0.25, 0.3) is 0 Å². The van der Waals surface area contributed by atoms with Gasteiger partial charge in [-0.15, -0.1) is 0 Å². The van der Waals surface area contributed by atoms with Crippen LogP contribution >= 0.6 is 0 Å². The van der Waals surface area contributed by atoms with Crippen LogP contribution in [0.5, 0.6) is 0 Å². The molecule has 2 unspecified atom stereocenters. The van der Waals surface area contributed by atoms with Crippen molar-refractivity contribution in [2.75, 3.05) is 0 Å².